The first-order chi connectivity index (χ1) is 7.67. The second-order valence-electron chi connectivity index (χ2n) is 4.43. The van der Waals surface area contributed by atoms with Crippen molar-refractivity contribution < 1.29 is 5.11 Å². The van der Waals surface area contributed by atoms with Crippen LogP contribution >= 0.6 is 0 Å². The molecule has 0 saturated heterocycles. The fraction of sp³-hybridized carbons (Fsp3) is 0.750. The Morgan fingerprint density at radius 2 is 2.31 bits per heavy atom. The van der Waals surface area contributed by atoms with Crippen molar-refractivity contribution in [1.82, 2.24) is 15.1 Å². The van der Waals surface area contributed by atoms with E-state index < -0.39 is 0 Å². The second-order valence-corrected chi connectivity index (χ2v) is 4.43. The summed E-state index contributed by atoms with van der Waals surface area (Å²) in [4.78, 5) is 0. The summed E-state index contributed by atoms with van der Waals surface area (Å²) in [5, 5.41) is 16.5. The van der Waals surface area contributed by atoms with Crippen molar-refractivity contribution in [1.29, 1.82) is 0 Å². The number of rotatable bonds is 7. The molecule has 1 rings (SSSR count). The smallest absolute Gasteiger partial charge is 0.0537 e. The summed E-state index contributed by atoms with van der Waals surface area (Å²) in [6.45, 7) is 5.53. The highest BCUT2D eigenvalue weighted by Gasteiger charge is 2.11. The summed E-state index contributed by atoms with van der Waals surface area (Å²) >= 11 is 0. The van der Waals surface area contributed by atoms with Crippen LogP contribution in [0.5, 0.6) is 0 Å². The predicted molar refractivity (Wildman–Crippen MR) is 65.1 cm³/mol. The van der Waals surface area contributed by atoms with Gasteiger partial charge in [0.05, 0.1) is 6.20 Å². The number of nitrogens with one attached hydrogen (secondary N) is 1. The van der Waals surface area contributed by atoms with Crippen LogP contribution in [0.15, 0.2) is 12.4 Å². The maximum absolute atomic E-state index is 8.84. The summed E-state index contributed by atoms with van der Waals surface area (Å²) in [5.41, 5.74) is 1.24. The van der Waals surface area contributed by atoms with Gasteiger partial charge in [-0.3, -0.25) is 4.68 Å². The van der Waals surface area contributed by atoms with E-state index in [0.717, 1.165) is 19.4 Å². The van der Waals surface area contributed by atoms with Gasteiger partial charge in [-0.05, 0) is 25.3 Å². The Morgan fingerprint density at radius 3 is 2.81 bits per heavy atom. The van der Waals surface area contributed by atoms with Crippen LogP contribution in [0.2, 0.25) is 0 Å². The van der Waals surface area contributed by atoms with Gasteiger partial charge < -0.3 is 10.4 Å². The van der Waals surface area contributed by atoms with Crippen molar-refractivity contribution in [2.24, 2.45) is 13.0 Å². The van der Waals surface area contributed by atoms with E-state index >= 15 is 0 Å². The number of hydrogen-bond donors (Lipinski definition) is 2. The van der Waals surface area contributed by atoms with Crippen LogP contribution in [0.4, 0.5) is 0 Å². The molecule has 0 spiro atoms. The van der Waals surface area contributed by atoms with Crippen molar-refractivity contribution in [3.63, 3.8) is 0 Å². The topological polar surface area (TPSA) is 50.1 Å². The molecule has 0 fully saturated rings. The monoisotopic (exact) mass is 225 g/mol. The van der Waals surface area contributed by atoms with Gasteiger partial charge in [0.2, 0.25) is 0 Å². The van der Waals surface area contributed by atoms with Crippen molar-refractivity contribution in [2.75, 3.05) is 13.2 Å². The molecule has 1 aromatic rings. The summed E-state index contributed by atoms with van der Waals surface area (Å²) < 4.78 is 1.83. The van der Waals surface area contributed by atoms with Gasteiger partial charge >= 0.3 is 0 Å². The average Bonchev–Trinajstić information content (AvgIpc) is 2.66. The molecule has 1 heterocycles. The van der Waals surface area contributed by atoms with Crippen molar-refractivity contribution in [2.45, 2.75) is 32.7 Å². The van der Waals surface area contributed by atoms with E-state index in [1.165, 1.54) is 5.56 Å². The minimum absolute atomic E-state index is 0.270. The Kier molecular flexibility index (Phi) is 5.49. The van der Waals surface area contributed by atoms with Crippen LogP contribution in [0.3, 0.4) is 0 Å². The molecular weight excluding hydrogens is 202 g/mol. The van der Waals surface area contributed by atoms with Crippen LogP contribution in [-0.4, -0.2) is 28.0 Å². The van der Waals surface area contributed by atoms with E-state index in [2.05, 4.69) is 30.5 Å². The van der Waals surface area contributed by atoms with Gasteiger partial charge in [-0.25, -0.2) is 0 Å². The van der Waals surface area contributed by atoms with Crippen molar-refractivity contribution in [3.8, 4) is 0 Å². The highest BCUT2D eigenvalue weighted by atomic mass is 16.3. The molecular formula is C12H23N3O. The molecule has 2 atom stereocenters. The normalized spacial score (nSPS) is 15.0. The Hall–Kier alpha value is -0.870. The number of nitrogens with zero attached hydrogens (tertiary/aromatic N) is 2. The summed E-state index contributed by atoms with van der Waals surface area (Å²) in [7, 11) is 1.94. The molecule has 92 valence electrons. The number of hydrogen-bond acceptors (Lipinski definition) is 3. The van der Waals surface area contributed by atoms with E-state index in [-0.39, 0.29) is 6.61 Å². The zero-order valence-corrected chi connectivity index (χ0v) is 10.5. The van der Waals surface area contributed by atoms with Gasteiger partial charge in [0.15, 0.2) is 0 Å². The zero-order chi connectivity index (χ0) is 12.0. The van der Waals surface area contributed by atoms with E-state index in [9.17, 15) is 0 Å². The van der Waals surface area contributed by atoms with E-state index in [0.29, 0.717) is 12.0 Å². The molecule has 0 aromatic carbocycles. The van der Waals surface area contributed by atoms with Gasteiger partial charge in [-0.2, -0.15) is 5.10 Å². The first kappa shape index (κ1) is 13.2. The SMILES string of the molecule is CCC(NCC(C)CCO)c1cnn(C)c1. The Bertz CT molecular complexity index is 298. The first-order valence-corrected chi connectivity index (χ1v) is 6.00. The standard InChI is InChI=1S/C12H23N3O/c1-4-12(11-8-14-15(3)9-11)13-7-10(2)5-6-16/h8-10,12-13,16H,4-7H2,1-3H3. The van der Waals surface area contributed by atoms with Crippen molar-refractivity contribution in [3.05, 3.63) is 18.0 Å². The molecule has 0 saturated carbocycles. The molecule has 0 aliphatic carbocycles. The molecule has 16 heavy (non-hydrogen) atoms. The highest BCUT2D eigenvalue weighted by Crippen LogP contribution is 2.15. The maximum Gasteiger partial charge on any atom is 0.0537 e. The van der Waals surface area contributed by atoms with Gasteiger partial charge in [0.25, 0.3) is 0 Å². The van der Waals surface area contributed by atoms with Gasteiger partial charge in [0, 0.05) is 31.5 Å². The molecule has 0 aliphatic heterocycles. The first-order valence-electron chi connectivity index (χ1n) is 6.00. The summed E-state index contributed by atoms with van der Waals surface area (Å²) in [6, 6.07) is 0.370. The molecule has 1 aromatic heterocycles. The number of aliphatic hydroxyl groups is 1. The third kappa shape index (κ3) is 3.94. The van der Waals surface area contributed by atoms with Crippen LogP contribution in [0.1, 0.15) is 38.3 Å². The summed E-state index contributed by atoms with van der Waals surface area (Å²) in [5.74, 6) is 0.510. The number of aromatic nitrogens is 2. The van der Waals surface area contributed by atoms with E-state index in [1.807, 2.05) is 17.9 Å². The third-order valence-electron chi connectivity index (χ3n) is 2.87. The fourth-order valence-corrected chi connectivity index (χ4v) is 1.78. The lowest BCUT2D eigenvalue weighted by molar-refractivity contribution is 0.257. The lowest BCUT2D eigenvalue weighted by atomic mass is 10.1. The fourth-order valence-electron chi connectivity index (χ4n) is 1.78. The molecule has 2 unspecified atom stereocenters. The summed E-state index contributed by atoms with van der Waals surface area (Å²) in [6.07, 6.45) is 5.88. The van der Waals surface area contributed by atoms with Crippen LogP contribution in [-0.2, 0) is 7.05 Å². The Morgan fingerprint density at radius 1 is 1.56 bits per heavy atom. The van der Waals surface area contributed by atoms with E-state index in [4.69, 9.17) is 5.11 Å². The third-order valence-corrected chi connectivity index (χ3v) is 2.87. The van der Waals surface area contributed by atoms with Crippen LogP contribution in [0.25, 0.3) is 0 Å². The molecule has 2 N–H and O–H groups in total. The second kappa shape index (κ2) is 6.66. The number of aryl methyl sites for hydroxylation is 1. The lowest BCUT2D eigenvalue weighted by Gasteiger charge is -2.18. The lowest BCUT2D eigenvalue weighted by Crippen LogP contribution is -2.26. The molecule has 4 heteroatoms. The minimum atomic E-state index is 0.270. The van der Waals surface area contributed by atoms with Crippen molar-refractivity contribution >= 4 is 0 Å². The van der Waals surface area contributed by atoms with Crippen LogP contribution in [0, 0.1) is 5.92 Å². The molecule has 0 bridgehead atoms. The largest absolute Gasteiger partial charge is 0.396 e. The molecule has 0 aliphatic rings. The Labute approximate surface area is 97.7 Å². The quantitative estimate of drug-likeness (QED) is 0.739. The molecule has 4 nitrogen and oxygen atoms in total. The minimum Gasteiger partial charge on any atom is -0.396 e. The predicted octanol–water partition coefficient (Wildman–Crippen LogP) is 1.48. The van der Waals surface area contributed by atoms with Gasteiger partial charge in [-0.1, -0.05) is 13.8 Å². The zero-order valence-electron chi connectivity index (χ0n) is 10.5. The van der Waals surface area contributed by atoms with Gasteiger partial charge in [-0.15, -0.1) is 0 Å². The average molecular weight is 225 g/mol. The maximum atomic E-state index is 8.84. The van der Waals surface area contributed by atoms with E-state index in [1.54, 1.807) is 0 Å². The van der Waals surface area contributed by atoms with Gasteiger partial charge in [0.1, 0.15) is 0 Å². The highest BCUT2D eigenvalue weighted by molar-refractivity contribution is 5.09. The van der Waals surface area contributed by atoms with Crippen LogP contribution < -0.4 is 5.32 Å². The Balaban J connectivity index is 2.43. The number of aliphatic hydroxyl groups excluding tert-OH is 1. The molecule has 0 radical (unpaired) electrons. The molecule has 0 amide bonds.